The van der Waals surface area contributed by atoms with Crippen LogP contribution in [0.4, 0.5) is 0 Å². The lowest BCUT2D eigenvalue weighted by Crippen LogP contribution is -2.23. The molecule has 4 nitrogen and oxygen atoms in total. The zero-order valence-corrected chi connectivity index (χ0v) is 9.19. The van der Waals surface area contributed by atoms with E-state index in [0.29, 0.717) is 12.7 Å². The van der Waals surface area contributed by atoms with Crippen LogP contribution in [0.25, 0.3) is 0 Å². The molecular weight excluding hydrogens is 196 g/mol. The number of esters is 1. The van der Waals surface area contributed by atoms with Crippen LogP contribution in [0.15, 0.2) is 11.8 Å². The van der Waals surface area contributed by atoms with Gasteiger partial charge < -0.3 is 9.84 Å². The van der Waals surface area contributed by atoms with Gasteiger partial charge in [-0.1, -0.05) is 13.8 Å². The second kappa shape index (κ2) is 4.47. The quantitative estimate of drug-likeness (QED) is 0.427. The molecule has 0 radical (unpaired) electrons. The van der Waals surface area contributed by atoms with Crippen molar-refractivity contribution in [1.29, 1.82) is 0 Å². The first-order valence-corrected chi connectivity index (χ1v) is 4.98. The van der Waals surface area contributed by atoms with Gasteiger partial charge in [0.2, 0.25) is 0 Å². The lowest BCUT2D eigenvalue weighted by atomic mass is 9.87. The molecule has 3 atom stereocenters. The number of hydrogen-bond donors (Lipinski definition) is 1. The van der Waals surface area contributed by atoms with Gasteiger partial charge in [0.1, 0.15) is 5.78 Å². The van der Waals surface area contributed by atoms with Gasteiger partial charge in [0.05, 0.1) is 24.9 Å². The van der Waals surface area contributed by atoms with Gasteiger partial charge in [-0.05, 0) is 11.8 Å². The molecule has 1 aliphatic carbocycles. The van der Waals surface area contributed by atoms with Gasteiger partial charge in [-0.25, -0.2) is 4.79 Å². The van der Waals surface area contributed by atoms with Gasteiger partial charge in [-0.3, -0.25) is 4.79 Å². The minimum absolute atomic E-state index is 0.000648. The highest BCUT2D eigenvalue weighted by Gasteiger charge is 2.41. The van der Waals surface area contributed by atoms with E-state index in [1.165, 1.54) is 7.11 Å². The number of carbonyl (C=O) groups excluding carboxylic acids is 2. The number of carbonyl (C=O) groups is 2. The molecule has 0 saturated heterocycles. The van der Waals surface area contributed by atoms with Gasteiger partial charge in [0.25, 0.3) is 0 Å². The van der Waals surface area contributed by atoms with Gasteiger partial charge in [0.15, 0.2) is 0 Å². The summed E-state index contributed by atoms with van der Waals surface area (Å²) in [6, 6.07) is 0. The van der Waals surface area contributed by atoms with E-state index in [2.05, 4.69) is 4.74 Å². The number of rotatable bonds is 2. The van der Waals surface area contributed by atoms with E-state index in [1.54, 1.807) is 0 Å². The molecule has 0 bridgehead atoms. The first-order valence-electron chi connectivity index (χ1n) is 4.98. The normalized spacial score (nSPS) is 31.8. The van der Waals surface area contributed by atoms with Crippen LogP contribution in [0, 0.1) is 17.8 Å². The number of aliphatic hydroxyl groups is 1. The molecule has 0 aromatic rings. The van der Waals surface area contributed by atoms with Crippen LogP contribution < -0.4 is 0 Å². The van der Waals surface area contributed by atoms with Gasteiger partial charge in [-0.15, -0.1) is 0 Å². The maximum Gasteiger partial charge on any atom is 0.337 e. The molecule has 1 aliphatic rings. The summed E-state index contributed by atoms with van der Waals surface area (Å²) in [5.74, 6) is -0.841. The van der Waals surface area contributed by atoms with E-state index >= 15 is 0 Å². The van der Waals surface area contributed by atoms with Crippen LogP contribution in [0.3, 0.4) is 0 Å². The summed E-state index contributed by atoms with van der Waals surface area (Å²) >= 11 is 0. The molecule has 1 fully saturated rings. The fourth-order valence-electron chi connectivity index (χ4n) is 2.09. The molecule has 0 amide bonds. The summed E-state index contributed by atoms with van der Waals surface area (Å²) in [7, 11) is 1.24. The fraction of sp³-hybridized carbons (Fsp3) is 0.636. The van der Waals surface area contributed by atoms with E-state index in [9.17, 15) is 9.59 Å². The number of Topliss-reactive ketones (excluding diaryl/α,β-unsaturated/α-hetero) is 1. The summed E-state index contributed by atoms with van der Waals surface area (Å²) in [6.07, 6.45) is 1.16. The fourth-order valence-corrected chi connectivity index (χ4v) is 2.09. The minimum Gasteiger partial charge on any atom is -0.515 e. The van der Waals surface area contributed by atoms with Crippen molar-refractivity contribution in [1.82, 2.24) is 0 Å². The van der Waals surface area contributed by atoms with Crippen molar-refractivity contribution in [3.05, 3.63) is 11.8 Å². The van der Waals surface area contributed by atoms with Gasteiger partial charge >= 0.3 is 5.97 Å². The molecule has 0 aromatic carbocycles. The van der Waals surface area contributed by atoms with Crippen LogP contribution in [-0.4, -0.2) is 24.0 Å². The lowest BCUT2D eigenvalue weighted by molar-refractivity contribution is -0.138. The first kappa shape index (κ1) is 11.8. The van der Waals surface area contributed by atoms with Crippen LogP contribution in [0.1, 0.15) is 20.3 Å². The SMILES string of the molecule is COC(=O)/C(=C/O)[C@H]1C(=O)C[C@H](C)[C@H]1C. The molecule has 0 heterocycles. The van der Waals surface area contributed by atoms with Crippen molar-refractivity contribution in [2.24, 2.45) is 17.8 Å². The molecule has 1 saturated carbocycles. The predicted molar refractivity (Wildman–Crippen MR) is 54.2 cm³/mol. The van der Waals surface area contributed by atoms with Gasteiger partial charge in [-0.2, -0.15) is 0 Å². The van der Waals surface area contributed by atoms with Crippen molar-refractivity contribution in [2.75, 3.05) is 7.11 Å². The molecule has 4 heteroatoms. The average Bonchev–Trinajstić information content (AvgIpc) is 2.45. The highest BCUT2D eigenvalue weighted by molar-refractivity contribution is 5.98. The Hall–Kier alpha value is -1.32. The molecule has 1 N–H and O–H groups in total. The highest BCUT2D eigenvalue weighted by Crippen LogP contribution is 2.38. The zero-order chi connectivity index (χ0) is 11.6. The molecule has 0 aliphatic heterocycles. The maximum absolute atomic E-state index is 11.7. The van der Waals surface area contributed by atoms with E-state index in [1.807, 2.05) is 13.8 Å². The van der Waals surface area contributed by atoms with Crippen LogP contribution in [-0.2, 0) is 14.3 Å². The van der Waals surface area contributed by atoms with Crippen molar-refractivity contribution in [2.45, 2.75) is 20.3 Å². The second-order valence-corrected chi connectivity index (χ2v) is 4.06. The van der Waals surface area contributed by atoms with Crippen molar-refractivity contribution in [3.63, 3.8) is 0 Å². The summed E-state index contributed by atoms with van der Waals surface area (Å²) < 4.78 is 4.53. The number of ketones is 1. The van der Waals surface area contributed by atoms with Crippen LogP contribution in [0.2, 0.25) is 0 Å². The number of ether oxygens (including phenoxy) is 1. The Labute approximate surface area is 88.9 Å². The highest BCUT2D eigenvalue weighted by atomic mass is 16.5. The van der Waals surface area contributed by atoms with Gasteiger partial charge in [0, 0.05) is 6.42 Å². The summed E-state index contributed by atoms with van der Waals surface area (Å²) in [6.45, 7) is 3.88. The summed E-state index contributed by atoms with van der Waals surface area (Å²) in [5, 5.41) is 8.99. The third kappa shape index (κ3) is 2.03. The van der Waals surface area contributed by atoms with E-state index in [0.717, 1.165) is 0 Å². The molecule has 1 rings (SSSR count). The van der Waals surface area contributed by atoms with E-state index in [4.69, 9.17) is 5.11 Å². The summed E-state index contributed by atoms with van der Waals surface area (Å²) in [5.41, 5.74) is 0.0688. The van der Waals surface area contributed by atoms with Crippen molar-refractivity contribution >= 4 is 11.8 Å². The number of aliphatic hydroxyl groups excluding tert-OH is 1. The minimum atomic E-state index is -0.628. The second-order valence-electron chi connectivity index (χ2n) is 4.06. The topological polar surface area (TPSA) is 63.6 Å². The van der Waals surface area contributed by atoms with Crippen molar-refractivity contribution < 1.29 is 19.4 Å². The molecule has 84 valence electrons. The van der Waals surface area contributed by atoms with Crippen LogP contribution >= 0.6 is 0 Å². The predicted octanol–water partition coefficient (Wildman–Crippen LogP) is 1.46. The Balaban J connectivity index is 2.95. The van der Waals surface area contributed by atoms with E-state index in [-0.39, 0.29) is 23.2 Å². The average molecular weight is 212 g/mol. The number of hydrogen-bond acceptors (Lipinski definition) is 4. The Morgan fingerprint density at radius 3 is 2.47 bits per heavy atom. The zero-order valence-electron chi connectivity index (χ0n) is 9.19. The monoisotopic (exact) mass is 212 g/mol. The molecule has 0 spiro atoms. The Bertz CT molecular complexity index is 306. The number of methoxy groups -OCH3 is 1. The molecule has 0 aromatic heterocycles. The van der Waals surface area contributed by atoms with Crippen LogP contribution in [0.5, 0.6) is 0 Å². The molecular formula is C11H16O4. The maximum atomic E-state index is 11.7. The molecule has 15 heavy (non-hydrogen) atoms. The smallest absolute Gasteiger partial charge is 0.337 e. The van der Waals surface area contributed by atoms with E-state index < -0.39 is 11.9 Å². The standard InChI is InChI=1S/C11H16O4/c1-6-4-9(13)10(7(6)2)8(5-12)11(14)15-3/h5-7,10,12H,4H2,1-3H3/b8-5+/t6-,7+,10-/m0/s1. The lowest BCUT2D eigenvalue weighted by Gasteiger charge is -2.17. The third-order valence-corrected chi connectivity index (χ3v) is 3.19. The third-order valence-electron chi connectivity index (χ3n) is 3.19. The Morgan fingerprint density at radius 1 is 1.53 bits per heavy atom. The van der Waals surface area contributed by atoms with Crippen molar-refractivity contribution in [3.8, 4) is 0 Å². The molecule has 0 unspecified atom stereocenters. The Morgan fingerprint density at radius 2 is 2.13 bits per heavy atom. The Kier molecular flexibility index (Phi) is 3.50. The summed E-state index contributed by atoms with van der Waals surface area (Å²) in [4.78, 5) is 23.0. The first-order chi connectivity index (χ1) is 7.02. The largest absolute Gasteiger partial charge is 0.515 e.